The summed E-state index contributed by atoms with van der Waals surface area (Å²) >= 11 is 0. The molecule has 0 fully saturated rings. The van der Waals surface area contributed by atoms with Gasteiger partial charge in [0.2, 0.25) is 5.91 Å². The van der Waals surface area contributed by atoms with Crippen LogP contribution in [0.5, 0.6) is 11.5 Å². The van der Waals surface area contributed by atoms with Gasteiger partial charge >= 0.3 is 0 Å². The summed E-state index contributed by atoms with van der Waals surface area (Å²) < 4.78 is 37.4. The standard InChI is InChI=1S/C20H22F2N2O3/c1-12-15-10-19(27-3)18(26-2)8-13(15)6-7-24(12)11-20(25)23-17-5-4-14(21)9-16(17)22/h4-5,8-10,12H,6-7,11H2,1-3H3,(H,23,25)/t12-/m1/s1. The molecule has 3 rings (SSSR count). The van der Waals surface area contributed by atoms with Gasteiger partial charge in [-0.25, -0.2) is 8.78 Å². The Bertz CT molecular complexity index is 857. The lowest BCUT2D eigenvalue weighted by molar-refractivity contribution is -0.117. The topological polar surface area (TPSA) is 50.8 Å². The molecule has 1 aliphatic rings. The molecule has 5 nitrogen and oxygen atoms in total. The van der Waals surface area contributed by atoms with Gasteiger partial charge in [0, 0.05) is 18.7 Å². The lowest BCUT2D eigenvalue weighted by Gasteiger charge is -2.35. The van der Waals surface area contributed by atoms with Gasteiger partial charge in [-0.15, -0.1) is 0 Å². The predicted octanol–water partition coefficient (Wildman–Crippen LogP) is 3.54. The zero-order valence-corrected chi connectivity index (χ0v) is 15.5. The molecule has 0 saturated heterocycles. The van der Waals surface area contributed by atoms with Crippen LogP contribution in [-0.2, 0) is 11.2 Å². The Balaban J connectivity index is 1.73. The van der Waals surface area contributed by atoms with E-state index in [0.717, 1.165) is 29.7 Å². The van der Waals surface area contributed by atoms with Crippen molar-refractivity contribution >= 4 is 11.6 Å². The van der Waals surface area contributed by atoms with E-state index in [-0.39, 0.29) is 24.2 Å². The summed E-state index contributed by atoms with van der Waals surface area (Å²) in [6, 6.07) is 6.96. The Kier molecular flexibility index (Phi) is 5.60. The van der Waals surface area contributed by atoms with Crippen LogP contribution in [0.25, 0.3) is 0 Å². The largest absolute Gasteiger partial charge is 0.493 e. The van der Waals surface area contributed by atoms with Crippen molar-refractivity contribution in [3.05, 3.63) is 53.1 Å². The zero-order chi connectivity index (χ0) is 19.6. The van der Waals surface area contributed by atoms with Crippen LogP contribution in [0.3, 0.4) is 0 Å². The van der Waals surface area contributed by atoms with E-state index in [0.29, 0.717) is 18.0 Å². The normalized spacial score (nSPS) is 16.6. The molecule has 0 spiro atoms. The summed E-state index contributed by atoms with van der Waals surface area (Å²) in [4.78, 5) is 14.3. The highest BCUT2D eigenvalue weighted by Crippen LogP contribution is 2.37. The number of halogens is 2. The molecule has 0 aromatic heterocycles. The molecule has 1 atom stereocenters. The fourth-order valence-electron chi connectivity index (χ4n) is 3.38. The van der Waals surface area contributed by atoms with Crippen LogP contribution >= 0.6 is 0 Å². The van der Waals surface area contributed by atoms with E-state index in [2.05, 4.69) is 5.32 Å². The van der Waals surface area contributed by atoms with Crippen molar-refractivity contribution in [3.8, 4) is 11.5 Å². The number of rotatable bonds is 5. The fraction of sp³-hybridized carbons (Fsp3) is 0.350. The summed E-state index contributed by atoms with van der Waals surface area (Å²) in [6.07, 6.45) is 0.762. The lowest BCUT2D eigenvalue weighted by atomic mass is 9.93. The summed E-state index contributed by atoms with van der Waals surface area (Å²) in [5.41, 5.74) is 2.19. The number of fused-ring (bicyclic) bond motifs is 1. The fourth-order valence-corrected chi connectivity index (χ4v) is 3.38. The van der Waals surface area contributed by atoms with Gasteiger partial charge in [0.25, 0.3) is 0 Å². The highest BCUT2D eigenvalue weighted by molar-refractivity contribution is 5.92. The number of amides is 1. The van der Waals surface area contributed by atoms with Gasteiger partial charge in [0.05, 0.1) is 26.5 Å². The number of nitrogens with one attached hydrogen (secondary N) is 1. The molecule has 1 N–H and O–H groups in total. The summed E-state index contributed by atoms with van der Waals surface area (Å²) in [7, 11) is 3.18. The molecule has 144 valence electrons. The molecule has 1 aliphatic heterocycles. The number of carbonyl (C=O) groups is 1. The first-order valence-electron chi connectivity index (χ1n) is 8.66. The first-order valence-corrected chi connectivity index (χ1v) is 8.66. The monoisotopic (exact) mass is 376 g/mol. The van der Waals surface area contributed by atoms with Crippen molar-refractivity contribution in [2.75, 3.05) is 32.6 Å². The van der Waals surface area contributed by atoms with E-state index in [9.17, 15) is 13.6 Å². The van der Waals surface area contributed by atoms with Crippen LogP contribution < -0.4 is 14.8 Å². The van der Waals surface area contributed by atoms with E-state index in [1.54, 1.807) is 14.2 Å². The second-order valence-electron chi connectivity index (χ2n) is 6.47. The maximum absolute atomic E-state index is 13.7. The van der Waals surface area contributed by atoms with Crippen LogP contribution in [0.1, 0.15) is 24.1 Å². The molecule has 1 amide bonds. The third kappa shape index (κ3) is 4.03. The molecule has 1 heterocycles. The summed E-state index contributed by atoms with van der Waals surface area (Å²) in [6.45, 7) is 2.80. The van der Waals surface area contributed by atoms with Crippen LogP contribution in [0, 0.1) is 11.6 Å². The molecule has 2 aromatic carbocycles. The maximum Gasteiger partial charge on any atom is 0.238 e. The van der Waals surface area contributed by atoms with Crippen molar-refractivity contribution in [3.63, 3.8) is 0 Å². The van der Waals surface area contributed by atoms with Gasteiger partial charge < -0.3 is 14.8 Å². The number of benzene rings is 2. The second kappa shape index (κ2) is 7.92. The molecule has 0 bridgehead atoms. The Hall–Kier alpha value is -2.67. The molecule has 27 heavy (non-hydrogen) atoms. The van der Waals surface area contributed by atoms with Gasteiger partial charge in [0.1, 0.15) is 11.6 Å². The summed E-state index contributed by atoms with van der Waals surface area (Å²) in [5, 5.41) is 2.50. The van der Waals surface area contributed by atoms with Crippen molar-refractivity contribution < 1.29 is 23.0 Å². The van der Waals surface area contributed by atoms with E-state index >= 15 is 0 Å². The SMILES string of the molecule is COc1cc2c(cc1OC)[C@@H](C)N(CC(=O)Nc1ccc(F)cc1F)CC2. The van der Waals surface area contributed by atoms with E-state index in [4.69, 9.17) is 9.47 Å². The lowest BCUT2D eigenvalue weighted by Crippen LogP contribution is -2.39. The van der Waals surface area contributed by atoms with Crippen molar-refractivity contribution in [1.82, 2.24) is 4.90 Å². The van der Waals surface area contributed by atoms with Crippen LogP contribution in [-0.4, -0.2) is 38.1 Å². The highest BCUT2D eigenvalue weighted by Gasteiger charge is 2.27. The van der Waals surface area contributed by atoms with E-state index in [1.165, 1.54) is 6.07 Å². The quantitative estimate of drug-likeness (QED) is 0.867. The molecular formula is C20H22F2N2O3. The van der Waals surface area contributed by atoms with Crippen LogP contribution in [0.4, 0.5) is 14.5 Å². The molecule has 7 heteroatoms. The maximum atomic E-state index is 13.7. The number of nitrogens with zero attached hydrogens (tertiary/aromatic N) is 1. The minimum Gasteiger partial charge on any atom is -0.493 e. The number of hydrogen-bond donors (Lipinski definition) is 1. The zero-order valence-electron chi connectivity index (χ0n) is 15.5. The Morgan fingerprint density at radius 3 is 2.56 bits per heavy atom. The first kappa shape index (κ1) is 19.1. The van der Waals surface area contributed by atoms with Gasteiger partial charge in [-0.1, -0.05) is 0 Å². The average molecular weight is 376 g/mol. The van der Waals surface area contributed by atoms with Crippen molar-refractivity contribution in [1.29, 1.82) is 0 Å². The smallest absolute Gasteiger partial charge is 0.238 e. The van der Waals surface area contributed by atoms with Crippen LogP contribution in [0.2, 0.25) is 0 Å². The van der Waals surface area contributed by atoms with Crippen molar-refractivity contribution in [2.24, 2.45) is 0 Å². The average Bonchev–Trinajstić information content (AvgIpc) is 2.65. The predicted molar refractivity (Wildman–Crippen MR) is 98.2 cm³/mol. The molecule has 0 saturated carbocycles. The second-order valence-corrected chi connectivity index (χ2v) is 6.47. The molecular weight excluding hydrogens is 354 g/mol. The van der Waals surface area contributed by atoms with Gasteiger partial charge in [-0.3, -0.25) is 9.69 Å². The number of carbonyl (C=O) groups excluding carboxylic acids is 1. The van der Waals surface area contributed by atoms with Crippen LogP contribution in [0.15, 0.2) is 30.3 Å². The van der Waals surface area contributed by atoms with E-state index in [1.807, 2.05) is 24.0 Å². The number of hydrogen-bond acceptors (Lipinski definition) is 4. The molecule has 2 aromatic rings. The van der Waals surface area contributed by atoms with Gasteiger partial charge in [0.15, 0.2) is 11.5 Å². The number of ether oxygens (including phenoxy) is 2. The minimum atomic E-state index is -0.794. The Morgan fingerprint density at radius 1 is 1.19 bits per heavy atom. The molecule has 0 unspecified atom stereocenters. The summed E-state index contributed by atoms with van der Waals surface area (Å²) in [5.74, 6) is -0.506. The third-order valence-corrected chi connectivity index (χ3v) is 4.86. The Labute approximate surface area is 156 Å². The first-order chi connectivity index (χ1) is 12.9. The number of anilines is 1. The number of methoxy groups -OCH3 is 2. The minimum absolute atomic E-state index is 0.0163. The van der Waals surface area contributed by atoms with Crippen molar-refractivity contribution in [2.45, 2.75) is 19.4 Å². The third-order valence-electron chi connectivity index (χ3n) is 4.86. The molecule has 0 radical (unpaired) electrons. The van der Waals surface area contributed by atoms with Gasteiger partial charge in [-0.05, 0) is 48.7 Å². The highest BCUT2D eigenvalue weighted by atomic mass is 19.1. The Morgan fingerprint density at radius 2 is 1.89 bits per heavy atom. The molecule has 0 aliphatic carbocycles. The van der Waals surface area contributed by atoms with E-state index < -0.39 is 11.6 Å². The van der Waals surface area contributed by atoms with Gasteiger partial charge in [-0.2, -0.15) is 0 Å².